The van der Waals surface area contributed by atoms with Gasteiger partial charge in [0.2, 0.25) is 0 Å². The van der Waals surface area contributed by atoms with Gasteiger partial charge in [0.25, 0.3) is 0 Å². The molecule has 19 heavy (non-hydrogen) atoms. The van der Waals surface area contributed by atoms with Crippen LogP contribution in [0, 0.1) is 0 Å². The smallest absolute Gasteiger partial charge is 0.0980 e. The predicted molar refractivity (Wildman–Crippen MR) is 80.6 cm³/mol. The number of morpholine rings is 1. The fraction of sp³-hybridized carbons (Fsp3) is 0.571. The highest BCUT2D eigenvalue weighted by Crippen LogP contribution is 2.26. The van der Waals surface area contributed by atoms with Crippen molar-refractivity contribution in [2.45, 2.75) is 19.6 Å². The molecule has 0 amide bonds. The van der Waals surface area contributed by atoms with E-state index in [0.717, 1.165) is 30.7 Å². The molecule has 0 aromatic heterocycles. The Morgan fingerprint density at radius 2 is 2.37 bits per heavy atom. The summed E-state index contributed by atoms with van der Waals surface area (Å²) in [4.78, 5) is 2.29. The Morgan fingerprint density at radius 3 is 3.11 bits per heavy atom. The quantitative estimate of drug-likeness (QED) is 0.864. The van der Waals surface area contributed by atoms with E-state index in [2.05, 4.69) is 51.3 Å². The second-order valence-corrected chi connectivity index (χ2v) is 5.59. The molecule has 106 valence electrons. The second kappa shape index (κ2) is 7.24. The van der Waals surface area contributed by atoms with Crippen LogP contribution < -0.4 is 10.2 Å². The molecule has 0 radical (unpaired) electrons. The lowest BCUT2D eigenvalue weighted by Crippen LogP contribution is -2.44. The highest BCUT2D eigenvalue weighted by Gasteiger charge is 2.21. The van der Waals surface area contributed by atoms with Gasteiger partial charge in [-0.2, -0.15) is 0 Å². The number of rotatable bonds is 5. The molecule has 2 rings (SSSR count). The van der Waals surface area contributed by atoms with Crippen molar-refractivity contribution in [3.8, 4) is 0 Å². The van der Waals surface area contributed by atoms with Crippen LogP contribution in [0.1, 0.15) is 12.5 Å². The van der Waals surface area contributed by atoms with Gasteiger partial charge in [0.1, 0.15) is 0 Å². The predicted octanol–water partition coefficient (Wildman–Crippen LogP) is 1.76. The van der Waals surface area contributed by atoms with Crippen molar-refractivity contribution < 1.29 is 9.84 Å². The summed E-state index contributed by atoms with van der Waals surface area (Å²) in [5.41, 5.74) is 2.50. The lowest BCUT2D eigenvalue weighted by Gasteiger charge is -2.35. The Bertz CT molecular complexity index is 414. The first-order chi connectivity index (χ1) is 9.24. The Kier molecular flexibility index (Phi) is 5.63. The number of aliphatic hydroxyl groups excluding tert-OH is 1. The van der Waals surface area contributed by atoms with E-state index in [-0.39, 0.29) is 12.7 Å². The summed E-state index contributed by atoms with van der Waals surface area (Å²) in [5.74, 6) is 0. The van der Waals surface area contributed by atoms with Gasteiger partial charge in [-0.1, -0.05) is 28.9 Å². The van der Waals surface area contributed by atoms with Gasteiger partial charge in [0.15, 0.2) is 0 Å². The van der Waals surface area contributed by atoms with Gasteiger partial charge >= 0.3 is 0 Å². The van der Waals surface area contributed by atoms with Crippen LogP contribution in [-0.2, 0) is 11.3 Å². The molecule has 1 fully saturated rings. The normalized spacial score (nSPS) is 19.7. The van der Waals surface area contributed by atoms with E-state index in [9.17, 15) is 5.11 Å². The first-order valence-electron chi connectivity index (χ1n) is 6.71. The fourth-order valence-corrected chi connectivity index (χ4v) is 2.64. The van der Waals surface area contributed by atoms with Crippen LogP contribution in [0.3, 0.4) is 0 Å². The molecule has 1 unspecified atom stereocenters. The molecule has 0 bridgehead atoms. The maximum absolute atomic E-state index is 9.25. The molecule has 1 aromatic carbocycles. The van der Waals surface area contributed by atoms with Gasteiger partial charge in [0, 0.05) is 29.8 Å². The summed E-state index contributed by atoms with van der Waals surface area (Å²) >= 11 is 3.54. The van der Waals surface area contributed by atoms with Crippen molar-refractivity contribution in [1.82, 2.24) is 5.32 Å². The molecule has 1 aliphatic heterocycles. The molecule has 0 saturated carbocycles. The van der Waals surface area contributed by atoms with E-state index in [1.165, 1.54) is 11.3 Å². The Balaban J connectivity index is 2.18. The van der Waals surface area contributed by atoms with E-state index in [0.29, 0.717) is 6.61 Å². The van der Waals surface area contributed by atoms with E-state index < -0.39 is 0 Å². The van der Waals surface area contributed by atoms with Crippen LogP contribution in [0.2, 0.25) is 0 Å². The summed E-state index contributed by atoms with van der Waals surface area (Å²) in [6, 6.07) is 6.36. The van der Waals surface area contributed by atoms with Gasteiger partial charge in [-0.05, 0) is 24.2 Å². The molecule has 4 nitrogen and oxygen atoms in total. The van der Waals surface area contributed by atoms with Crippen molar-refractivity contribution in [3.63, 3.8) is 0 Å². The van der Waals surface area contributed by atoms with E-state index >= 15 is 0 Å². The minimum absolute atomic E-state index is 0.0764. The molecule has 1 heterocycles. The topological polar surface area (TPSA) is 44.7 Å². The van der Waals surface area contributed by atoms with Gasteiger partial charge in [-0.3, -0.25) is 0 Å². The molecule has 1 aromatic rings. The minimum atomic E-state index is -0.0836. The number of hydrogen-bond acceptors (Lipinski definition) is 4. The SMILES string of the molecule is CCNCc1ccc(Br)cc1N1CCOC(CO)C1. The average Bonchev–Trinajstić information content (AvgIpc) is 2.46. The number of anilines is 1. The van der Waals surface area contributed by atoms with E-state index in [4.69, 9.17) is 4.74 Å². The molecule has 5 heteroatoms. The first-order valence-corrected chi connectivity index (χ1v) is 7.50. The summed E-state index contributed by atoms with van der Waals surface area (Å²) in [6.07, 6.45) is -0.0836. The number of halogens is 1. The largest absolute Gasteiger partial charge is 0.394 e. The Hall–Kier alpha value is -0.620. The summed E-state index contributed by atoms with van der Waals surface area (Å²) in [7, 11) is 0. The second-order valence-electron chi connectivity index (χ2n) is 4.67. The number of nitrogens with zero attached hydrogens (tertiary/aromatic N) is 1. The maximum atomic E-state index is 9.25. The third-order valence-corrected chi connectivity index (χ3v) is 3.79. The van der Waals surface area contributed by atoms with Crippen molar-refractivity contribution in [3.05, 3.63) is 28.2 Å². The van der Waals surface area contributed by atoms with Crippen LogP contribution in [0.15, 0.2) is 22.7 Å². The summed E-state index contributed by atoms with van der Waals surface area (Å²) < 4.78 is 6.59. The van der Waals surface area contributed by atoms with E-state index in [1.807, 2.05) is 0 Å². The zero-order valence-electron chi connectivity index (χ0n) is 11.2. The van der Waals surface area contributed by atoms with Crippen molar-refractivity contribution >= 4 is 21.6 Å². The monoisotopic (exact) mass is 328 g/mol. The molecule has 0 aliphatic carbocycles. The zero-order chi connectivity index (χ0) is 13.7. The fourth-order valence-electron chi connectivity index (χ4n) is 2.29. The van der Waals surface area contributed by atoms with Gasteiger partial charge < -0.3 is 20.1 Å². The number of aliphatic hydroxyl groups is 1. The van der Waals surface area contributed by atoms with Gasteiger partial charge in [0.05, 0.1) is 19.3 Å². The molecule has 0 spiro atoms. The van der Waals surface area contributed by atoms with Crippen LogP contribution in [-0.4, -0.2) is 44.1 Å². The molecular weight excluding hydrogens is 308 g/mol. The molecule has 2 N–H and O–H groups in total. The molecule has 1 saturated heterocycles. The standard InChI is InChI=1S/C14H21BrN2O2/c1-2-16-8-11-3-4-12(15)7-14(11)17-5-6-19-13(9-17)10-18/h3-4,7,13,16,18H,2,5-6,8-10H2,1H3. The average molecular weight is 329 g/mol. The first kappa shape index (κ1) is 14.8. The minimum Gasteiger partial charge on any atom is -0.394 e. The van der Waals surface area contributed by atoms with Crippen molar-refractivity contribution in [1.29, 1.82) is 0 Å². The summed E-state index contributed by atoms with van der Waals surface area (Å²) in [6.45, 7) is 6.27. The van der Waals surface area contributed by atoms with Gasteiger partial charge in [-0.15, -0.1) is 0 Å². The van der Waals surface area contributed by atoms with Crippen LogP contribution in [0.25, 0.3) is 0 Å². The van der Waals surface area contributed by atoms with Crippen molar-refractivity contribution in [2.75, 3.05) is 37.7 Å². The van der Waals surface area contributed by atoms with Crippen LogP contribution in [0.5, 0.6) is 0 Å². The zero-order valence-corrected chi connectivity index (χ0v) is 12.8. The summed E-state index contributed by atoms with van der Waals surface area (Å²) in [5, 5.41) is 12.6. The third kappa shape index (κ3) is 3.92. The van der Waals surface area contributed by atoms with E-state index in [1.54, 1.807) is 0 Å². The number of nitrogens with one attached hydrogen (secondary N) is 1. The highest BCUT2D eigenvalue weighted by molar-refractivity contribution is 9.10. The lowest BCUT2D eigenvalue weighted by atomic mass is 10.1. The molecular formula is C14H21BrN2O2. The lowest BCUT2D eigenvalue weighted by molar-refractivity contribution is 0.00352. The third-order valence-electron chi connectivity index (χ3n) is 3.30. The Morgan fingerprint density at radius 1 is 1.53 bits per heavy atom. The Labute approximate surface area is 122 Å². The molecule has 1 atom stereocenters. The van der Waals surface area contributed by atoms with Crippen LogP contribution >= 0.6 is 15.9 Å². The van der Waals surface area contributed by atoms with Crippen LogP contribution in [0.4, 0.5) is 5.69 Å². The molecule has 1 aliphatic rings. The number of benzene rings is 1. The van der Waals surface area contributed by atoms with Crippen molar-refractivity contribution in [2.24, 2.45) is 0 Å². The highest BCUT2D eigenvalue weighted by atomic mass is 79.9. The maximum Gasteiger partial charge on any atom is 0.0980 e. The number of hydrogen-bond donors (Lipinski definition) is 2. The van der Waals surface area contributed by atoms with Gasteiger partial charge in [-0.25, -0.2) is 0 Å². The number of ether oxygens (including phenoxy) is 1.